The molecule has 0 heterocycles. The highest BCUT2D eigenvalue weighted by molar-refractivity contribution is 5.97. The molecule has 0 unspecified atom stereocenters. The van der Waals surface area contributed by atoms with Gasteiger partial charge in [0.1, 0.15) is 11.5 Å². The summed E-state index contributed by atoms with van der Waals surface area (Å²) in [5.41, 5.74) is 0.0613. The smallest absolute Gasteiger partial charge is 0.211 e. The van der Waals surface area contributed by atoms with Gasteiger partial charge in [0.15, 0.2) is 5.78 Å². The highest BCUT2D eigenvalue weighted by Crippen LogP contribution is 2.17. The molecule has 0 aromatic rings. The molecule has 0 saturated carbocycles. The third-order valence-electron chi connectivity index (χ3n) is 1.59. The molecule has 1 aliphatic rings. The van der Waals surface area contributed by atoms with Gasteiger partial charge in [0.05, 0.1) is 0 Å². The predicted molar refractivity (Wildman–Crippen MR) is 37.7 cm³/mol. The van der Waals surface area contributed by atoms with E-state index >= 15 is 0 Å². The number of carbonyl (C=O) groups excluding carboxylic acids is 2. The van der Waals surface area contributed by atoms with Crippen LogP contribution in [-0.2, 0) is 9.59 Å². The van der Waals surface area contributed by atoms with Gasteiger partial charge in [-0.2, -0.15) is 0 Å². The van der Waals surface area contributed by atoms with E-state index in [9.17, 15) is 9.59 Å². The van der Waals surface area contributed by atoms with Crippen molar-refractivity contribution in [2.24, 2.45) is 0 Å². The second-order valence-electron chi connectivity index (χ2n) is 2.36. The third-order valence-corrected chi connectivity index (χ3v) is 1.59. The number of hydrogen-bond donors (Lipinski definition) is 2. The van der Waals surface area contributed by atoms with E-state index in [-0.39, 0.29) is 17.2 Å². The number of Topliss-reactive ketones (excluding diaryl/α,β-unsaturated/α-hetero) is 1. The van der Waals surface area contributed by atoms with Crippen molar-refractivity contribution >= 4 is 12.2 Å². The first-order valence-electron chi connectivity index (χ1n) is 3.41. The van der Waals surface area contributed by atoms with Crippen molar-refractivity contribution in [3.05, 3.63) is 11.5 Å². The molecule has 0 saturated heterocycles. The molecule has 0 atom stereocenters. The summed E-state index contributed by atoms with van der Waals surface area (Å²) in [7, 11) is 0. The highest BCUT2D eigenvalue weighted by atomic mass is 16.3. The standard InChI is InChI=1S/C7H9NO3/c9-4-8-7-5(10)2-1-3-6(7)11/h4,10H,1-3H2,(H,8,9). The summed E-state index contributed by atoms with van der Waals surface area (Å²) in [6.07, 6.45) is 1.94. The molecule has 0 bridgehead atoms. The zero-order chi connectivity index (χ0) is 8.27. The molecule has 4 nitrogen and oxygen atoms in total. The van der Waals surface area contributed by atoms with E-state index in [1.165, 1.54) is 0 Å². The molecule has 0 aliphatic heterocycles. The fourth-order valence-electron chi connectivity index (χ4n) is 1.05. The molecule has 0 aromatic heterocycles. The van der Waals surface area contributed by atoms with Gasteiger partial charge in [-0.1, -0.05) is 0 Å². The van der Waals surface area contributed by atoms with Crippen molar-refractivity contribution in [3.8, 4) is 0 Å². The third kappa shape index (κ3) is 1.58. The zero-order valence-electron chi connectivity index (χ0n) is 5.96. The first-order valence-corrected chi connectivity index (χ1v) is 3.41. The minimum absolute atomic E-state index is 0.00616. The topological polar surface area (TPSA) is 66.4 Å². The largest absolute Gasteiger partial charge is 0.510 e. The monoisotopic (exact) mass is 155 g/mol. The Balaban J connectivity index is 2.81. The Morgan fingerprint density at radius 3 is 2.73 bits per heavy atom. The summed E-state index contributed by atoms with van der Waals surface area (Å²) in [5, 5.41) is 11.3. The first kappa shape index (κ1) is 7.78. The van der Waals surface area contributed by atoms with Crippen molar-refractivity contribution in [2.75, 3.05) is 0 Å². The molecule has 1 aliphatic carbocycles. The van der Waals surface area contributed by atoms with Crippen LogP contribution in [0.25, 0.3) is 0 Å². The highest BCUT2D eigenvalue weighted by Gasteiger charge is 2.19. The second-order valence-corrected chi connectivity index (χ2v) is 2.36. The number of carbonyl (C=O) groups is 2. The Morgan fingerprint density at radius 2 is 2.18 bits per heavy atom. The van der Waals surface area contributed by atoms with Crippen LogP contribution in [0.2, 0.25) is 0 Å². The van der Waals surface area contributed by atoms with Crippen LogP contribution in [0.1, 0.15) is 19.3 Å². The quantitative estimate of drug-likeness (QED) is 0.562. The maximum Gasteiger partial charge on any atom is 0.211 e. The average molecular weight is 155 g/mol. The Bertz CT molecular complexity index is 220. The molecule has 0 spiro atoms. The maximum absolute atomic E-state index is 11.0. The lowest BCUT2D eigenvalue weighted by molar-refractivity contribution is -0.118. The van der Waals surface area contributed by atoms with Crippen molar-refractivity contribution in [1.82, 2.24) is 5.32 Å². The number of nitrogens with one attached hydrogen (secondary N) is 1. The van der Waals surface area contributed by atoms with Gasteiger partial charge in [0.25, 0.3) is 0 Å². The van der Waals surface area contributed by atoms with E-state index in [0.29, 0.717) is 25.7 Å². The van der Waals surface area contributed by atoms with Crippen molar-refractivity contribution in [2.45, 2.75) is 19.3 Å². The van der Waals surface area contributed by atoms with E-state index in [1.54, 1.807) is 0 Å². The van der Waals surface area contributed by atoms with E-state index in [1.807, 2.05) is 0 Å². The number of aliphatic hydroxyl groups excluding tert-OH is 1. The molecule has 11 heavy (non-hydrogen) atoms. The van der Waals surface area contributed by atoms with E-state index < -0.39 is 0 Å². The summed E-state index contributed by atoms with van der Waals surface area (Å²) < 4.78 is 0. The van der Waals surface area contributed by atoms with Gasteiger partial charge in [-0.3, -0.25) is 9.59 Å². The van der Waals surface area contributed by atoms with Gasteiger partial charge in [0, 0.05) is 12.8 Å². The molecule has 0 fully saturated rings. The van der Waals surface area contributed by atoms with Crippen molar-refractivity contribution < 1.29 is 14.7 Å². The molecular weight excluding hydrogens is 146 g/mol. The number of aliphatic hydroxyl groups is 1. The van der Waals surface area contributed by atoms with Crippen LogP contribution in [0.3, 0.4) is 0 Å². The molecular formula is C7H9NO3. The number of ketones is 1. The van der Waals surface area contributed by atoms with Crippen LogP contribution < -0.4 is 5.32 Å². The summed E-state index contributed by atoms with van der Waals surface area (Å²) >= 11 is 0. The number of amides is 1. The predicted octanol–water partition coefficient (Wildman–Crippen LogP) is 0.255. The molecule has 0 radical (unpaired) electrons. The number of rotatable bonds is 2. The minimum Gasteiger partial charge on any atom is -0.510 e. The van der Waals surface area contributed by atoms with Crippen LogP contribution in [-0.4, -0.2) is 17.3 Å². The molecule has 4 heteroatoms. The Labute approximate surface area is 63.9 Å². The van der Waals surface area contributed by atoms with Crippen LogP contribution in [0.15, 0.2) is 11.5 Å². The van der Waals surface area contributed by atoms with Gasteiger partial charge in [-0.05, 0) is 6.42 Å². The Kier molecular flexibility index (Phi) is 2.25. The fourth-order valence-corrected chi connectivity index (χ4v) is 1.05. The van der Waals surface area contributed by atoms with Gasteiger partial charge < -0.3 is 10.4 Å². The lowest BCUT2D eigenvalue weighted by atomic mass is 10.0. The SMILES string of the molecule is O=CNC1=C(O)CCCC1=O. The van der Waals surface area contributed by atoms with Crippen molar-refractivity contribution in [3.63, 3.8) is 0 Å². The summed E-state index contributed by atoms with van der Waals surface area (Å²) in [6, 6.07) is 0. The Hall–Kier alpha value is -1.32. The molecule has 1 rings (SSSR count). The van der Waals surface area contributed by atoms with Gasteiger partial charge in [0.2, 0.25) is 6.41 Å². The van der Waals surface area contributed by atoms with Gasteiger partial charge in [-0.15, -0.1) is 0 Å². The number of allylic oxidation sites excluding steroid dienone is 2. The van der Waals surface area contributed by atoms with Crippen molar-refractivity contribution in [1.29, 1.82) is 0 Å². The lowest BCUT2D eigenvalue weighted by Gasteiger charge is -2.12. The van der Waals surface area contributed by atoms with E-state index in [0.717, 1.165) is 0 Å². The molecule has 1 amide bonds. The fraction of sp³-hybridized carbons (Fsp3) is 0.429. The summed E-state index contributed by atoms with van der Waals surface area (Å²) in [5.74, 6) is -0.200. The van der Waals surface area contributed by atoms with E-state index in [2.05, 4.69) is 5.32 Å². The van der Waals surface area contributed by atoms with Gasteiger partial charge in [-0.25, -0.2) is 0 Å². The summed E-state index contributed by atoms with van der Waals surface area (Å²) in [4.78, 5) is 20.9. The minimum atomic E-state index is -0.194. The molecule has 0 aromatic carbocycles. The van der Waals surface area contributed by atoms with Crippen LogP contribution in [0.5, 0.6) is 0 Å². The molecule has 2 N–H and O–H groups in total. The second kappa shape index (κ2) is 3.18. The van der Waals surface area contributed by atoms with E-state index in [4.69, 9.17) is 5.11 Å². The first-order chi connectivity index (χ1) is 5.25. The molecule has 60 valence electrons. The van der Waals surface area contributed by atoms with Crippen LogP contribution >= 0.6 is 0 Å². The average Bonchev–Trinajstić information content (AvgIpc) is 1.97. The van der Waals surface area contributed by atoms with Crippen LogP contribution in [0.4, 0.5) is 0 Å². The zero-order valence-corrected chi connectivity index (χ0v) is 5.96. The lowest BCUT2D eigenvalue weighted by Crippen LogP contribution is -2.23. The van der Waals surface area contributed by atoms with Crippen LogP contribution in [0, 0.1) is 0 Å². The Morgan fingerprint density at radius 1 is 1.45 bits per heavy atom. The van der Waals surface area contributed by atoms with Gasteiger partial charge >= 0.3 is 0 Å². The summed E-state index contributed by atoms with van der Waals surface area (Å²) in [6.45, 7) is 0. The number of hydrogen-bond acceptors (Lipinski definition) is 3. The normalized spacial score (nSPS) is 18.4. The maximum atomic E-state index is 11.0.